The predicted octanol–water partition coefficient (Wildman–Crippen LogP) is 5.42. The van der Waals surface area contributed by atoms with Crippen molar-refractivity contribution >= 4 is 6.09 Å². The van der Waals surface area contributed by atoms with Crippen LogP contribution in [0, 0.1) is 5.92 Å². The molecule has 0 saturated heterocycles. The summed E-state index contributed by atoms with van der Waals surface area (Å²) in [7, 11) is 1.65. The number of alkyl carbamates (subject to hydrolysis) is 1. The number of rotatable bonds is 18. The van der Waals surface area contributed by atoms with Crippen molar-refractivity contribution in [3.05, 3.63) is 65.2 Å². The van der Waals surface area contributed by atoms with E-state index >= 15 is 0 Å². The summed E-state index contributed by atoms with van der Waals surface area (Å²) in [5.74, 6) is 1.14. The van der Waals surface area contributed by atoms with Crippen LogP contribution < -0.4 is 10.1 Å². The third-order valence-electron chi connectivity index (χ3n) is 8.45. The summed E-state index contributed by atoms with van der Waals surface area (Å²) in [6.07, 6.45) is 6.22. The molecule has 9 heteroatoms. The molecule has 0 heterocycles. The number of fused-ring (bicyclic) bond motifs is 4. The molecule has 1 amide bonds. The van der Waals surface area contributed by atoms with Crippen molar-refractivity contribution < 1.29 is 38.0 Å². The Labute approximate surface area is 256 Å². The maximum absolute atomic E-state index is 13.0. The van der Waals surface area contributed by atoms with Crippen LogP contribution in [0.1, 0.15) is 55.7 Å². The summed E-state index contributed by atoms with van der Waals surface area (Å²) in [5.41, 5.74) is 3.36. The van der Waals surface area contributed by atoms with Crippen LogP contribution in [0.3, 0.4) is 0 Å². The number of benzene rings is 2. The highest BCUT2D eigenvalue weighted by molar-refractivity contribution is 5.68. The van der Waals surface area contributed by atoms with Crippen LogP contribution in [0.25, 0.3) is 0 Å². The van der Waals surface area contributed by atoms with Gasteiger partial charge in [0.1, 0.15) is 12.4 Å². The number of ether oxygens (including phenoxy) is 7. The zero-order valence-electron chi connectivity index (χ0n) is 25.9. The number of nitrogens with one attached hydrogen (secondary N) is 1. The van der Waals surface area contributed by atoms with E-state index in [1.54, 1.807) is 7.11 Å². The number of hydrogen-bond donors (Lipinski definition) is 1. The van der Waals surface area contributed by atoms with Crippen LogP contribution in [0.4, 0.5) is 4.79 Å². The second-order valence-electron chi connectivity index (χ2n) is 11.5. The normalized spacial score (nSPS) is 21.3. The van der Waals surface area contributed by atoms with Gasteiger partial charge in [-0.3, -0.25) is 0 Å². The van der Waals surface area contributed by atoms with E-state index in [4.69, 9.17) is 33.2 Å². The molecule has 1 fully saturated rings. The van der Waals surface area contributed by atoms with Gasteiger partial charge in [0.15, 0.2) is 6.79 Å². The highest BCUT2D eigenvalue weighted by Gasteiger charge is 2.46. The molecule has 1 N–H and O–H groups in total. The number of hydrogen-bond acceptors (Lipinski definition) is 8. The number of carbonyl (C=O) groups excluding carboxylic acids is 1. The molecule has 0 spiro atoms. The zero-order chi connectivity index (χ0) is 30.2. The van der Waals surface area contributed by atoms with Crippen molar-refractivity contribution in [3.63, 3.8) is 0 Å². The Bertz CT molecular complexity index is 1080. The number of amides is 1. The van der Waals surface area contributed by atoms with Gasteiger partial charge in [0, 0.05) is 18.6 Å². The molecule has 3 atom stereocenters. The molecular formula is C34H49NO8. The monoisotopic (exact) mass is 599 g/mol. The van der Waals surface area contributed by atoms with Crippen LogP contribution in [0.5, 0.6) is 5.75 Å². The van der Waals surface area contributed by atoms with Gasteiger partial charge in [-0.1, -0.05) is 62.6 Å². The fourth-order valence-corrected chi connectivity index (χ4v) is 6.22. The SMILES string of the molecule is COCCOCCOCCOCCOCOc1ccc2c(c1)[C@@]1(C)CCCCC[C@@H](C2)[C@@H]1NC(=O)OCc1ccccc1. The lowest BCUT2D eigenvalue weighted by Gasteiger charge is -2.49. The highest BCUT2D eigenvalue weighted by atomic mass is 16.7. The van der Waals surface area contributed by atoms with Gasteiger partial charge < -0.3 is 38.5 Å². The topological polar surface area (TPSA) is 93.7 Å². The second-order valence-corrected chi connectivity index (χ2v) is 11.5. The molecule has 1 saturated carbocycles. The van der Waals surface area contributed by atoms with E-state index in [1.807, 2.05) is 36.4 Å². The molecule has 2 aromatic rings. The van der Waals surface area contributed by atoms with Crippen molar-refractivity contribution in [1.29, 1.82) is 0 Å². The summed E-state index contributed by atoms with van der Waals surface area (Å²) >= 11 is 0. The maximum atomic E-state index is 13.0. The fraction of sp³-hybridized carbons (Fsp3) is 0.618. The Morgan fingerprint density at radius 3 is 2.28 bits per heavy atom. The molecule has 2 aromatic carbocycles. The lowest BCUT2D eigenvalue weighted by Crippen LogP contribution is -2.57. The molecule has 2 bridgehead atoms. The first-order valence-electron chi connectivity index (χ1n) is 15.6. The lowest BCUT2D eigenvalue weighted by atomic mass is 9.59. The van der Waals surface area contributed by atoms with E-state index in [0.29, 0.717) is 58.8 Å². The van der Waals surface area contributed by atoms with Crippen molar-refractivity contribution in [2.45, 2.75) is 63.5 Å². The molecule has 43 heavy (non-hydrogen) atoms. The molecule has 0 unspecified atom stereocenters. The van der Waals surface area contributed by atoms with Gasteiger partial charge in [-0.2, -0.15) is 0 Å². The zero-order valence-corrected chi connectivity index (χ0v) is 25.9. The minimum atomic E-state index is -0.351. The van der Waals surface area contributed by atoms with Crippen molar-refractivity contribution in [1.82, 2.24) is 5.32 Å². The molecular weight excluding hydrogens is 550 g/mol. The van der Waals surface area contributed by atoms with E-state index in [-0.39, 0.29) is 30.9 Å². The molecule has 0 radical (unpaired) electrons. The maximum Gasteiger partial charge on any atom is 0.407 e. The predicted molar refractivity (Wildman–Crippen MR) is 163 cm³/mol. The molecule has 9 nitrogen and oxygen atoms in total. The standard InChI is InChI=1S/C34H49NO8/c1-34-14-8-4-7-11-29(32(34)35-33(36)42-25-27-9-5-3-6-10-27)23-28-12-13-30(24-31(28)34)43-26-41-22-21-40-20-19-39-18-17-38-16-15-37-2/h3,5-6,9-10,12-13,24,29,32H,4,7-8,11,14-23,25-26H2,1-2H3,(H,35,36)/t29-,32-,34+/m0/s1. The molecule has 2 aliphatic rings. The molecule has 2 aliphatic carbocycles. The third kappa shape index (κ3) is 10.5. The van der Waals surface area contributed by atoms with Gasteiger partial charge in [-0.15, -0.1) is 0 Å². The van der Waals surface area contributed by atoms with Crippen LogP contribution in [0.2, 0.25) is 0 Å². The first-order valence-corrected chi connectivity index (χ1v) is 15.6. The average molecular weight is 600 g/mol. The fourth-order valence-electron chi connectivity index (χ4n) is 6.22. The van der Waals surface area contributed by atoms with E-state index < -0.39 is 0 Å². The Morgan fingerprint density at radius 2 is 1.56 bits per heavy atom. The van der Waals surface area contributed by atoms with Gasteiger partial charge in [-0.25, -0.2) is 4.79 Å². The van der Waals surface area contributed by atoms with Crippen molar-refractivity contribution in [2.24, 2.45) is 5.92 Å². The molecule has 0 aromatic heterocycles. The van der Waals surface area contributed by atoms with Gasteiger partial charge >= 0.3 is 6.09 Å². The Balaban J connectivity index is 1.23. The minimum absolute atomic E-state index is 0.000569. The highest BCUT2D eigenvalue weighted by Crippen LogP contribution is 2.47. The average Bonchev–Trinajstić information content (AvgIpc) is 3.02. The summed E-state index contributed by atoms with van der Waals surface area (Å²) in [6, 6.07) is 16.2. The summed E-state index contributed by atoms with van der Waals surface area (Å²) < 4.78 is 38.6. The second kappa shape index (κ2) is 18.2. The van der Waals surface area contributed by atoms with Crippen LogP contribution >= 0.6 is 0 Å². The molecule has 238 valence electrons. The van der Waals surface area contributed by atoms with Crippen LogP contribution in [0.15, 0.2) is 48.5 Å². The summed E-state index contributed by atoms with van der Waals surface area (Å²) in [6.45, 7) is 6.86. The molecule has 0 aliphatic heterocycles. The van der Waals surface area contributed by atoms with E-state index in [0.717, 1.165) is 37.0 Å². The van der Waals surface area contributed by atoms with Crippen molar-refractivity contribution in [3.8, 4) is 5.75 Å². The van der Waals surface area contributed by atoms with Crippen LogP contribution in [-0.2, 0) is 46.9 Å². The molecule has 4 rings (SSSR count). The Morgan fingerprint density at radius 1 is 0.860 bits per heavy atom. The van der Waals surface area contributed by atoms with Gasteiger partial charge in [0.25, 0.3) is 0 Å². The first kappa shape index (κ1) is 33.2. The Hall–Kier alpha value is -2.69. The largest absolute Gasteiger partial charge is 0.468 e. The lowest BCUT2D eigenvalue weighted by molar-refractivity contribution is -0.0320. The van der Waals surface area contributed by atoms with E-state index in [9.17, 15) is 4.79 Å². The summed E-state index contributed by atoms with van der Waals surface area (Å²) in [5, 5.41) is 3.30. The third-order valence-corrected chi connectivity index (χ3v) is 8.45. The summed E-state index contributed by atoms with van der Waals surface area (Å²) in [4.78, 5) is 13.0. The van der Waals surface area contributed by atoms with Crippen molar-refractivity contribution in [2.75, 3.05) is 66.8 Å². The smallest absolute Gasteiger partial charge is 0.407 e. The minimum Gasteiger partial charge on any atom is -0.468 e. The van der Waals surface area contributed by atoms with Gasteiger partial charge in [-0.05, 0) is 54.0 Å². The number of methoxy groups -OCH3 is 1. The van der Waals surface area contributed by atoms with Crippen LogP contribution in [-0.4, -0.2) is 78.9 Å². The Kier molecular flexibility index (Phi) is 14.1. The van der Waals surface area contributed by atoms with E-state index in [2.05, 4.69) is 24.4 Å². The number of carbonyl (C=O) groups is 1. The first-order chi connectivity index (χ1) is 21.1. The van der Waals surface area contributed by atoms with E-state index in [1.165, 1.54) is 24.0 Å². The quantitative estimate of drug-likeness (QED) is 0.179. The van der Waals surface area contributed by atoms with Gasteiger partial charge in [0.05, 0.1) is 52.9 Å². The van der Waals surface area contributed by atoms with Gasteiger partial charge in [0.2, 0.25) is 0 Å².